The number of carbonyl (C=O) groups excluding carboxylic acids is 2. The standard InChI is InChI=1S/C30H41ClF3N3O4/c1-6-29(3,4)14-24-30(20-12-21(33)22(34)13-23(20)36-28(30)41)25(17(2)8-7-9-18(31)15-32)26(37(24)5)27(40)35-11-10-19(39)16-38/h7-9,12-13,17,19,24-26,38-39H,6,10-11,14-16H2,1-5H3,(H,35,40)(H,36,41)/b8-7-,18-9+/t17?,19-,24+,25-,26+,30-/m0/s1. The van der Waals surface area contributed by atoms with Gasteiger partial charge in [0, 0.05) is 35.3 Å². The van der Waals surface area contributed by atoms with E-state index in [1.807, 2.05) is 18.7 Å². The molecule has 1 aromatic carbocycles. The van der Waals surface area contributed by atoms with Crippen LogP contribution in [-0.4, -0.2) is 72.0 Å². The third-order valence-electron chi connectivity index (χ3n) is 8.80. The Balaban J connectivity index is 2.24. The van der Waals surface area contributed by atoms with E-state index in [1.54, 1.807) is 19.2 Å². The van der Waals surface area contributed by atoms with E-state index in [9.17, 15) is 27.9 Å². The number of nitrogens with one attached hydrogen (secondary N) is 2. The Hall–Kier alpha value is -2.40. The Morgan fingerprint density at radius 2 is 1.98 bits per heavy atom. The first kappa shape index (κ1) is 33.1. The van der Waals surface area contributed by atoms with Crippen LogP contribution in [0.2, 0.25) is 0 Å². The van der Waals surface area contributed by atoms with Crippen LogP contribution in [-0.2, 0) is 15.0 Å². The monoisotopic (exact) mass is 599 g/mol. The van der Waals surface area contributed by atoms with Gasteiger partial charge in [0.15, 0.2) is 11.6 Å². The maximum absolute atomic E-state index is 14.8. The lowest BCUT2D eigenvalue weighted by Gasteiger charge is -2.40. The summed E-state index contributed by atoms with van der Waals surface area (Å²) in [6.45, 7) is 6.74. The SMILES string of the molecule is CCC(C)(C)C[C@H]1N(C)[C@@H](C(=O)NCC[C@H](O)CO)[C@H](C(C)/C=C\C=C(\Cl)CF)[C@@]12C(=O)Nc1cc(F)c(F)cc12. The van der Waals surface area contributed by atoms with Gasteiger partial charge >= 0.3 is 0 Å². The van der Waals surface area contributed by atoms with Crippen molar-refractivity contribution in [3.8, 4) is 0 Å². The molecule has 0 radical (unpaired) electrons. The molecule has 0 bridgehead atoms. The van der Waals surface area contributed by atoms with Crippen molar-refractivity contribution in [3.05, 3.63) is 52.6 Å². The van der Waals surface area contributed by atoms with Crippen molar-refractivity contribution >= 4 is 29.1 Å². The molecule has 1 spiro atoms. The highest BCUT2D eigenvalue weighted by atomic mass is 35.5. The summed E-state index contributed by atoms with van der Waals surface area (Å²) in [6.07, 6.45) is 5.04. The van der Waals surface area contributed by atoms with Gasteiger partial charge in [-0.3, -0.25) is 14.5 Å². The van der Waals surface area contributed by atoms with E-state index < -0.39 is 72.2 Å². The van der Waals surface area contributed by atoms with Crippen LogP contribution < -0.4 is 10.6 Å². The first-order valence-electron chi connectivity index (χ1n) is 13.9. The highest BCUT2D eigenvalue weighted by Crippen LogP contribution is 2.58. The van der Waals surface area contributed by atoms with Gasteiger partial charge in [-0.05, 0) is 48.9 Å². The summed E-state index contributed by atoms with van der Waals surface area (Å²) in [5.74, 6) is -4.29. The van der Waals surface area contributed by atoms with Crippen LogP contribution in [0.3, 0.4) is 0 Å². The zero-order chi connectivity index (χ0) is 30.7. The summed E-state index contributed by atoms with van der Waals surface area (Å²) >= 11 is 5.84. The van der Waals surface area contributed by atoms with Crippen LogP contribution in [0.15, 0.2) is 35.4 Å². The van der Waals surface area contributed by atoms with Crippen LogP contribution >= 0.6 is 11.6 Å². The van der Waals surface area contributed by atoms with Gasteiger partial charge in [0.1, 0.15) is 6.67 Å². The normalized spacial score (nSPS) is 26.5. The summed E-state index contributed by atoms with van der Waals surface area (Å²) < 4.78 is 42.1. The number of hydrogen-bond acceptors (Lipinski definition) is 5. The lowest BCUT2D eigenvalue weighted by atomic mass is 9.60. The molecular formula is C30H41ClF3N3O4. The van der Waals surface area contributed by atoms with Gasteiger partial charge in [0.25, 0.3) is 0 Å². The number of amides is 2. The molecule has 2 aliphatic heterocycles. The number of alkyl halides is 1. The molecule has 2 aliphatic rings. The minimum atomic E-state index is -1.44. The number of rotatable bonds is 12. The van der Waals surface area contributed by atoms with Gasteiger partial charge in [-0.25, -0.2) is 13.2 Å². The largest absolute Gasteiger partial charge is 0.394 e. The molecule has 1 fully saturated rings. The number of allylic oxidation sites excluding steroid dienone is 4. The molecule has 41 heavy (non-hydrogen) atoms. The number of aliphatic hydroxyl groups is 2. The highest BCUT2D eigenvalue weighted by molar-refractivity contribution is 6.29. The lowest BCUT2D eigenvalue weighted by Crippen LogP contribution is -2.52. The van der Waals surface area contributed by atoms with E-state index >= 15 is 0 Å². The third-order valence-corrected chi connectivity index (χ3v) is 9.02. The predicted octanol–water partition coefficient (Wildman–Crippen LogP) is 4.42. The van der Waals surface area contributed by atoms with Crippen LogP contribution in [0.4, 0.5) is 18.9 Å². The molecule has 1 aromatic rings. The molecule has 228 valence electrons. The van der Waals surface area contributed by atoms with Crippen LogP contribution in [0.5, 0.6) is 0 Å². The number of benzene rings is 1. The molecule has 1 unspecified atom stereocenters. The summed E-state index contributed by atoms with van der Waals surface area (Å²) in [5, 5.41) is 24.5. The second-order valence-corrected chi connectivity index (χ2v) is 12.4. The average molecular weight is 600 g/mol. The van der Waals surface area contributed by atoms with E-state index in [2.05, 4.69) is 24.5 Å². The number of anilines is 1. The fraction of sp³-hybridized carbons (Fsp3) is 0.600. The van der Waals surface area contributed by atoms with Crippen LogP contribution in [0, 0.1) is 28.9 Å². The molecule has 0 aromatic heterocycles. The average Bonchev–Trinajstić information content (AvgIpc) is 3.34. The van der Waals surface area contributed by atoms with Crippen molar-refractivity contribution in [2.24, 2.45) is 17.3 Å². The molecule has 4 N–H and O–H groups in total. The van der Waals surface area contributed by atoms with Crippen molar-refractivity contribution in [3.63, 3.8) is 0 Å². The number of hydrogen-bond donors (Lipinski definition) is 4. The van der Waals surface area contributed by atoms with Gasteiger partial charge in [0.05, 0.1) is 24.2 Å². The number of halogens is 4. The lowest BCUT2D eigenvalue weighted by molar-refractivity contribution is -0.127. The minimum Gasteiger partial charge on any atom is -0.394 e. The second kappa shape index (κ2) is 13.3. The van der Waals surface area contributed by atoms with Crippen molar-refractivity contribution in [2.45, 2.75) is 70.6 Å². The number of likely N-dealkylation sites (tertiary alicyclic amines) is 1. The van der Waals surface area contributed by atoms with E-state index in [-0.39, 0.29) is 29.1 Å². The number of likely N-dealkylation sites (N-methyl/N-ethyl adjacent to an activating group) is 1. The topological polar surface area (TPSA) is 102 Å². The summed E-state index contributed by atoms with van der Waals surface area (Å²) in [6, 6.07) is 0.575. The van der Waals surface area contributed by atoms with E-state index in [0.717, 1.165) is 18.6 Å². The quantitative estimate of drug-likeness (QED) is 0.267. The maximum Gasteiger partial charge on any atom is 0.237 e. The highest BCUT2D eigenvalue weighted by Gasteiger charge is 2.68. The number of nitrogens with zero attached hydrogens (tertiary/aromatic N) is 1. The van der Waals surface area contributed by atoms with Crippen molar-refractivity contribution in [2.75, 3.05) is 32.2 Å². The second-order valence-electron chi connectivity index (χ2n) is 11.9. The minimum absolute atomic E-state index is 0.0208. The summed E-state index contributed by atoms with van der Waals surface area (Å²) in [4.78, 5) is 29.9. The van der Waals surface area contributed by atoms with Gasteiger partial charge in [-0.15, -0.1) is 0 Å². The van der Waals surface area contributed by atoms with Crippen LogP contribution in [0.25, 0.3) is 0 Å². The molecule has 1 saturated heterocycles. The third kappa shape index (κ3) is 6.50. The molecular weight excluding hydrogens is 559 g/mol. The summed E-state index contributed by atoms with van der Waals surface area (Å²) in [5.41, 5.74) is -1.26. The number of fused-ring (bicyclic) bond motifs is 2. The smallest absolute Gasteiger partial charge is 0.237 e. The van der Waals surface area contributed by atoms with Crippen molar-refractivity contribution in [1.29, 1.82) is 0 Å². The molecule has 3 rings (SSSR count). The zero-order valence-electron chi connectivity index (χ0n) is 24.2. The Bertz CT molecular complexity index is 1190. The molecule has 11 heteroatoms. The Kier molecular flexibility index (Phi) is 10.7. The van der Waals surface area contributed by atoms with Gasteiger partial charge in [-0.2, -0.15) is 0 Å². The van der Waals surface area contributed by atoms with E-state index in [4.69, 9.17) is 16.7 Å². The van der Waals surface area contributed by atoms with Crippen molar-refractivity contribution in [1.82, 2.24) is 10.2 Å². The van der Waals surface area contributed by atoms with E-state index in [0.29, 0.717) is 12.0 Å². The molecule has 0 aliphatic carbocycles. The fourth-order valence-corrected chi connectivity index (χ4v) is 6.39. The number of aliphatic hydroxyl groups excluding tert-OH is 2. The van der Waals surface area contributed by atoms with Gasteiger partial charge in [-0.1, -0.05) is 57.9 Å². The first-order chi connectivity index (χ1) is 19.2. The molecule has 0 saturated carbocycles. The zero-order valence-corrected chi connectivity index (χ0v) is 24.9. The molecule has 7 nitrogen and oxygen atoms in total. The summed E-state index contributed by atoms with van der Waals surface area (Å²) in [7, 11) is 1.76. The molecule has 2 heterocycles. The van der Waals surface area contributed by atoms with Gasteiger partial charge < -0.3 is 20.8 Å². The van der Waals surface area contributed by atoms with Crippen molar-refractivity contribution < 1.29 is 33.0 Å². The molecule has 2 amide bonds. The maximum atomic E-state index is 14.8. The fourth-order valence-electron chi connectivity index (χ4n) is 6.32. The Morgan fingerprint density at radius 1 is 1.32 bits per heavy atom. The van der Waals surface area contributed by atoms with E-state index in [1.165, 1.54) is 6.08 Å². The number of carbonyl (C=O) groups is 2. The Labute approximate surface area is 244 Å². The van der Waals surface area contributed by atoms with Crippen LogP contribution in [0.1, 0.15) is 52.5 Å². The first-order valence-corrected chi connectivity index (χ1v) is 14.3. The molecule has 6 atom stereocenters. The predicted molar refractivity (Wildman–Crippen MR) is 153 cm³/mol. The van der Waals surface area contributed by atoms with Gasteiger partial charge in [0.2, 0.25) is 11.8 Å². The Morgan fingerprint density at radius 3 is 2.59 bits per heavy atom.